The van der Waals surface area contributed by atoms with Crippen molar-refractivity contribution in [1.82, 2.24) is 10.3 Å². The second-order valence-corrected chi connectivity index (χ2v) is 4.26. The summed E-state index contributed by atoms with van der Waals surface area (Å²) in [6.45, 7) is 0.543. The summed E-state index contributed by atoms with van der Waals surface area (Å²) in [5, 5.41) is 4.98. The van der Waals surface area contributed by atoms with Gasteiger partial charge in [-0.1, -0.05) is 0 Å². The number of hydrogen-bond acceptors (Lipinski definition) is 3. The van der Waals surface area contributed by atoms with E-state index in [1.165, 1.54) is 17.4 Å². The average molecular weight is 258 g/mol. The molecule has 2 aromatic rings. The zero-order valence-corrected chi connectivity index (χ0v) is 9.75. The molecular formula is C11H9F3N2S. The Balaban J connectivity index is 2.42. The second-order valence-electron chi connectivity index (χ2n) is 3.40. The van der Waals surface area contributed by atoms with Gasteiger partial charge in [-0.3, -0.25) is 0 Å². The van der Waals surface area contributed by atoms with Crippen molar-refractivity contribution in [2.45, 2.75) is 6.54 Å². The van der Waals surface area contributed by atoms with E-state index < -0.39 is 17.5 Å². The standard InChI is InChI=1S/C11H9F3N2S/c1-15-4-6-5-17-11(16-6)7-2-3-8(12)10(14)9(7)13/h2-3,5,15H,4H2,1H3. The third kappa shape index (κ3) is 2.32. The molecule has 1 aromatic carbocycles. The Labute approximate surface area is 100 Å². The highest BCUT2D eigenvalue weighted by Crippen LogP contribution is 2.28. The van der Waals surface area contributed by atoms with Crippen LogP contribution in [0.4, 0.5) is 13.2 Å². The largest absolute Gasteiger partial charge is 0.314 e. The summed E-state index contributed by atoms with van der Waals surface area (Å²) in [7, 11) is 1.76. The van der Waals surface area contributed by atoms with Gasteiger partial charge in [0.05, 0.1) is 5.69 Å². The summed E-state index contributed by atoms with van der Waals surface area (Å²) in [6, 6.07) is 2.09. The number of nitrogens with zero attached hydrogens (tertiary/aromatic N) is 1. The SMILES string of the molecule is CNCc1csc(-c2ccc(F)c(F)c2F)n1. The summed E-state index contributed by atoms with van der Waals surface area (Å²) in [4.78, 5) is 4.13. The van der Waals surface area contributed by atoms with Gasteiger partial charge in [0, 0.05) is 17.5 Å². The fourth-order valence-corrected chi connectivity index (χ4v) is 2.22. The quantitative estimate of drug-likeness (QED) is 0.856. The molecule has 0 bridgehead atoms. The smallest absolute Gasteiger partial charge is 0.195 e. The number of benzene rings is 1. The van der Waals surface area contributed by atoms with Crippen molar-refractivity contribution >= 4 is 11.3 Å². The van der Waals surface area contributed by atoms with Gasteiger partial charge in [0.2, 0.25) is 0 Å². The maximum absolute atomic E-state index is 13.5. The van der Waals surface area contributed by atoms with Gasteiger partial charge in [-0.05, 0) is 19.2 Å². The minimum atomic E-state index is -1.46. The highest BCUT2D eigenvalue weighted by atomic mass is 32.1. The molecule has 0 aliphatic carbocycles. The van der Waals surface area contributed by atoms with Gasteiger partial charge in [-0.15, -0.1) is 11.3 Å². The van der Waals surface area contributed by atoms with E-state index in [9.17, 15) is 13.2 Å². The Bertz CT molecular complexity index is 540. The van der Waals surface area contributed by atoms with Crippen LogP contribution in [0.1, 0.15) is 5.69 Å². The third-order valence-electron chi connectivity index (χ3n) is 2.18. The molecule has 1 aromatic heterocycles. The van der Waals surface area contributed by atoms with Crippen LogP contribution in [0.25, 0.3) is 10.6 Å². The van der Waals surface area contributed by atoms with Gasteiger partial charge in [-0.25, -0.2) is 18.2 Å². The monoisotopic (exact) mass is 258 g/mol. The average Bonchev–Trinajstić information content (AvgIpc) is 2.75. The summed E-state index contributed by atoms with van der Waals surface area (Å²) >= 11 is 1.19. The Kier molecular flexibility index (Phi) is 3.44. The van der Waals surface area contributed by atoms with Gasteiger partial charge < -0.3 is 5.32 Å². The summed E-state index contributed by atoms with van der Waals surface area (Å²) < 4.78 is 39.3. The van der Waals surface area contributed by atoms with Crippen LogP contribution in [0.2, 0.25) is 0 Å². The molecule has 2 nitrogen and oxygen atoms in total. The number of thiazole rings is 1. The fourth-order valence-electron chi connectivity index (χ4n) is 1.38. The number of aromatic nitrogens is 1. The lowest BCUT2D eigenvalue weighted by molar-refractivity contribution is 0.449. The Morgan fingerprint density at radius 1 is 1.24 bits per heavy atom. The predicted octanol–water partition coefficient (Wildman–Crippen LogP) is 2.95. The molecule has 1 N–H and O–H groups in total. The zero-order valence-electron chi connectivity index (χ0n) is 8.93. The highest BCUT2D eigenvalue weighted by molar-refractivity contribution is 7.13. The van der Waals surface area contributed by atoms with Crippen LogP contribution in [0.3, 0.4) is 0 Å². The predicted molar refractivity (Wildman–Crippen MR) is 60.2 cm³/mol. The van der Waals surface area contributed by atoms with Crippen molar-refractivity contribution < 1.29 is 13.2 Å². The normalized spacial score (nSPS) is 10.8. The van der Waals surface area contributed by atoms with Gasteiger partial charge in [0.15, 0.2) is 17.5 Å². The molecule has 1 heterocycles. The molecule has 0 aliphatic heterocycles. The summed E-state index contributed by atoms with van der Waals surface area (Å²) in [5.74, 6) is -3.86. The van der Waals surface area contributed by atoms with Crippen LogP contribution in [0.5, 0.6) is 0 Å². The second kappa shape index (κ2) is 4.85. The van der Waals surface area contributed by atoms with E-state index in [0.717, 1.165) is 11.8 Å². The molecule has 0 saturated carbocycles. The molecule has 90 valence electrons. The van der Waals surface area contributed by atoms with Crippen LogP contribution >= 0.6 is 11.3 Å². The minimum Gasteiger partial charge on any atom is -0.314 e. The Morgan fingerprint density at radius 3 is 2.71 bits per heavy atom. The lowest BCUT2D eigenvalue weighted by atomic mass is 10.2. The lowest BCUT2D eigenvalue weighted by Gasteiger charge is -2.00. The van der Waals surface area contributed by atoms with E-state index in [-0.39, 0.29) is 5.56 Å². The van der Waals surface area contributed by atoms with Crippen molar-refractivity contribution in [2.75, 3.05) is 7.05 Å². The molecule has 17 heavy (non-hydrogen) atoms. The van der Waals surface area contributed by atoms with Gasteiger partial charge in [0.1, 0.15) is 5.01 Å². The van der Waals surface area contributed by atoms with Crippen LogP contribution < -0.4 is 5.32 Å². The van der Waals surface area contributed by atoms with E-state index in [2.05, 4.69) is 10.3 Å². The maximum Gasteiger partial charge on any atom is 0.195 e. The molecule has 0 saturated heterocycles. The number of halogens is 3. The maximum atomic E-state index is 13.5. The van der Waals surface area contributed by atoms with Crippen molar-refractivity contribution in [3.05, 3.63) is 40.7 Å². The summed E-state index contributed by atoms with van der Waals surface area (Å²) in [6.07, 6.45) is 0. The lowest BCUT2D eigenvalue weighted by Crippen LogP contribution is -2.05. The van der Waals surface area contributed by atoms with Crippen LogP contribution in [-0.4, -0.2) is 12.0 Å². The summed E-state index contributed by atoms with van der Waals surface area (Å²) in [5.41, 5.74) is 0.716. The van der Waals surface area contributed by atoms with Crippen molar-refractivity contribution in [3.8, 4) is 10.6 Å². The molecule has 0 fully saturated rings. The van der Waals surface area contributed by atoms with E-state index >= 15 is 0 Å². The van der Waals surface area contributed by atoms with E-state index in [1.54, 1.807) is 12.4 Å². The first kappa shape index (κ1) is 12.1. The zero-order chi connectivity index (χ0) is 12.4. The van der Waals surface area contributed by atoms with Crippen molar-refractivity contribution in [3.63, 3.8) is 0 Å². The fraction of sp³-hybridized carbons (Fsp3) is 0.182. The van der Waals surface area contributed by atoms with Crippen LogP contribution in [0, 0.1) is 17.5 Å². The van der Waals surface area contributed by atoms with Gasteiger partial charge in [0.25, 0.3) is 0 Å². The first-order valence-electron chi connectivity index (χ1n) is 4.86. The highest BCUT2D eigenvalue weighted by Gasteiger charge is 2.16. The molecule has 0 amide bonds. The molecule has 0 radical (unpaired) electrons. The van der Waals surface area contributed by atoms with Gasteiger partial charge in [-0.2, -0.15) is 0 Å². The van der Waals surface area contributed by atoms with Crippen LogP contribution in [0.15, 0.2) is 17.5 Å². The van der Waals surface area contributed by atoms with Crippen molar-refractivity contribution in [2.24, 2.45) is 0 Å². The van der Waals surface area contributed by atoms with Crippen LogP contribution in [-0.2, 0) is 6.54 Å². The molecule has 0 unspecified atom stereocenters. The minimum absolute atomic E-state index is 0.0174. The first-order valence-corrected chi connectivity index (χ1v) is 5.74. The Morgan fingerprint density at radius 2 is 2.00 bits per heavy atom. The topological polar surface area (TPSA) is 24.9 Å². The van der Waals surface area contributed by atoms with E-state index in [4.69, 9.17) is 0 Å². The molecule has 6 heteroatoms. The molecule has 0 atom stereocenters. The van der Waals surface area contributed by atoms with Crippen molar-refractivity contribution in [1.29, 1.82) is 0 Å². The van der Waals surface area contributed by atoms with Gasteiger partial charge >= 0.3 is 0 Å². The molecule has 0 spiro atoms. The number of rotatable bonds is 3. The first-order chi connectivity index (χ1) is 8.13. The number of hydrogen-bond donors (Lipinski definition) is 1. The third-order valence-corrected chi connectivity index (χ3v) is 3.10. The van der Waals surface area contributed by atoms with E-state index in [1.807, 2.05) is 0 Å². The number of nitrogens with one attached hydrogen (secondary N) is 1. The molecule has 0 aliphatic rings. The Hall–Kier alpha value is -1.40. The van der Waals surface area contributed by atoms with E-state index in [0.29, 0.717) is 11.6 Å². The molecular weight excluding hydrogens is 249 g/mol. The molecule has 2 rings (SSSR count).